The number of alkyl halides is 3. The second kappa shape index (κ2) is 12.3. The molecular weight excluding hydrogens is 596 g/mol. The Labute approximate surface area is 237 Å². The standard InChI is InChI=1S/C23H24ClFN4O2S2.C2HF3O2/c24-22-18(6-8-20(23(22)25)33(30,31)28-21-13-32-14-27-21)26-11-15-9-10-29(12-15)19-7-5-16-3-1-2-4-17(16)19;3-2(4,5)1(6)7/h1-4,6,8,13-15,19,26,28H,5,7,9-12H2;(H,6,7)/t15-,19-;/m0./s1. The zero-order valence-corrected chi connectivity index (χ0v) is 23.2. The summed E-state index contributed by atoms with van der Waals surface area (Å²) in [5, 5.41) is 11.7. The molecule has 8 nitrogen and oxygen atoms in total. The summed E-state index contributed by atoms with van der Waals surface area (Å²) in [6.45, 7) is 2.65. The molecule has 2 aliphatic rings. The number of aryl methyl sites for hydroxylation is 1. The first-order chi connectivity index (χ1) is 18.9. The van der Waals surface area contributed by atoms with Gasteiger partial charge in [-0.3, -0.25) is 9.62 Å². The van der Waals surface area contributed by atoms with Crippen molar-refractivity contribution in [2.24, 2.45) is 5.92 Å². The third-order valence-electron chi connectivity index (χ3n) is 6.69. The number of sulfonamides is 1. The SMILES string of the molecule is O=C(O)C(F)(F)F.O=S(=O)(Nc1cscn1)c1ccc(NC[C@@H]2CCN([C@H]3CCc4ccccc43)C2)c(Cl)c1F. The maximum Gasteiger partial charge on any atom is 0.490 e. The minimum absolute atomic E-state index is 0.147. The average molecular weight is 621 g/mol. The Hall–Kier alpha value is -2.94. The Morgan fingerprint density at radius 1 is 1.20 bits per heavy atom. The van der Waals surface area contributed by atoms with Gasteiger partial charge >= 0.3 is 12.1 Å². The average Bonchev–Trinajstić information content (AvgIpc) is 3.65. The van der Waals surface area contributed by atoms with E-state index in [4.69, 9.17) is 21.5 Å². The van der Waals surface area contributed by atoms with E-state index in [-0.39, 0.29) is 10.8 Å². The second-order valence-electron chi connectivity index (χ2n) is 9.31. The van der Waals surface area contributed by atoms with Gasteiger partial charge in [-0.15, -0.1) is 11.3 Å². The number of carboxylic acids is 1. The van der Waals surface area contributed by atoms with Gasteiger partial charge in [0.05, 0.1) is 11.2 Å². The molecule has 1 aliphatic heterocycles. The van der Waals surface area contributed by atoms with Crippen molar-refractivity contribution in [2.75, 3.05) is 29.7 Å². The van der Waals surface area contributed by atoms with Crippen LogP contribution in [0.2, 0.25) is 5.02 Å². The first-order valence-electron chi connectivity index (χ1n) is 12.1. The molecule has 15 heteroatoms. The van der Waals surface area contributed by atoms with Crippen LogP contribution in [0.3, 0.4) is 0 Å². The number of benzene rings is 2. The van der Waals surface area contributed by atoms with E-state index in [1.165, 1.54) is 45.5 Å². The van der Waals surface area contributed by atoms with Gasteiger partial charge in [0, 0.05) is 24.5 Å². The number of carboxylic acid groups (broad SMARTS) is 1. The molecule has 0 amide bonds. The fourth-order valence-corrected chi connectivity index (χ4v) is 6.74. The number of fused-ring (bicyclic) bond motifs is 1. The summed E-state index contributed by atoms with van der Waals surface area (Å²) >= 11 is 7.44. The van der Waals surface area contributed by atoms with Gasteiger partial charge in [-0.2, -0.15) is 13.2 Å². The Bertz CT molecular complexity index is 1460. The highest BCUT2D eigenvalue weighted by atomic mass is 35.5. The van der Waals surface area contributed by atoms with E-state index >= 15 is 0 Å². The van der Waals surface area contributed by atoms with E-state index in [1.807, 2.05) is 0 Å². The summed E-state index contributed by atoms with van der Waals surface area (Å²) < 4.78 is 73.9. The Morgan fingerprint density at radius 2 is 1.93 bits per heavy atom. The summed E-state index contributed by atoms with van der Waals surface area (Å²) in [6, 6.07) is 11.9. The summed E-state index contributed by atoms with van der Waals surface area (Å²) in [7, 11) is -4.12. The van der Waals surface area contributed by atoms with Crippen LogP contribution in [0.25, 0.3) is 0 Å². The quantitative estimate of drug-likeness (QED) is 0.287. The molecule has 1 aromatic heterocycles. The Morgan fingerprint density at radius 3 is 2.60 bits per heavy atom. The number of likely N-dealkylation sites (tertiary alicyclic amines) is 1. The van der Waals surface area contributed by atoms with Gasteiger partial charge in [0.1, 0.15) is 9.92 Å². The smallest absolute Gasteiger partial charge is 0.475 e. The molecule has 0 bridgehead atoms. The van der Waals surface area contributed by atoms with Gasteiger partial charge in [-0.05, 0) is 55.0 Å². The fraction of sp³-hybridized carbons (Fsp3) is 0.360. The molecule has 3 aromatic rings. The van der Waals surface area contributed by atoms with Gasteiger partial charge in [-0.25, -0.2) is 22.6 Å². The lowest BCUT2D eigenvalue weighted by molar-refractivity contribution is -0.192. The first kappa shape index (κ1) is 30.0. The highest BCUT2D eigenvalue weighted by Gasteiger charge is 2.38. The van der Waals surface area contributed by atoms with Crippen molar-refractivity contribution in [1.82, 2.24) is 9.88 Å². The fourth-order valence-electron chi connectivity index (χ4n) is 4.81. The van der Waals surface area contributed by atoms with E-state index in [0.717, 1.165) is 32.4 Å². The molecule has 2 atom stereocenters. The van der Waals surface area contributed by atoms with Crippen LogP contribution in [0.4, 0.5) is 29.1 Å². The molecule has 5 rings (SSSR count). The van der Waals surface area contributed by atoms with Crippen molar-refractivity contribution in [1.29, 1.82) is 0 Å². The highest BCUT2D eigenvalue weighted by Crippen LogP contribution is 2.38. The number of aliphatic carboxylic acids is 1. The summed E-state index contributed by atoms with van der Waals surface area (Å²) in [5.74, 6) is -3.17. The number of halogens is 5. The molecule has 2 heterocycles. The molecule has 0 saturated carbocycles. The minimum Gasteiger partial charge on any atom is -0.475 e. The van der Waals surface area contributed by atoms with E-state index in [0.29, 0.717) is 24.2 Å². The summed E-state index contributed by atoms with van der Waals surface area (Å²) in [6.07, 6.45) is -1.75. The number of aromatic nitrogens is 1. The molecule has 0 unspecified atom stereocenters. The number of nitrogens with zero attached hydrogens (tertiary/aromatic N) is 2. The monoisotopic (exact) mass is 620 g/mol. The molecule has 3 N–H and O–H groups in total. The van der Waals surface area contributed by atoms with Crippen LogP contribution in [0, 0.1) is 11.7 Å². The van der Waals surface area contributed by atoms with Crippen molar-refractivity contribution >= 4 is 50.4 Å². The number of hydrogen-bond acceptors (Lipinski definition) is 7. The van der Waals surface area contributed by atoms with Crippen LogP contribution in [-0.2, 0) is 21.2 Å². The molecule has 2 aromatic carbocycles. The lowest BCUT2D eigenvalue weighted by Gasteiger charge is -2.25. The molecule has 40 heavy (non-hydrogen) atoms. The maximum absolute atomic E-state index is 14.9. The van der Waals surface area contributed by atoms with Crippen LogP contribution in [0.5, 0.6) is 0 Å². The van der Waals surface area contributed by atoms with Crippen LogP contribution in [0.1, 0.15) is 30.0 Å². The van der Waals surface area contributed by atoms with Crippen LogP contribution in [0.15, 0.2) is 52.2 Å². The van der Waals surface area contributed by atoms with Crippen molar-refractivity contribution in [3.63, 3.8) is 0 Å². The van der Waals surface area contributed by atoms with Gasteiger partial charge in [0.25, 0.3) is 10.0 Å². The number of nitrogens with one attached hydrogen (secondary N) is 2. The summed E-state index contributed by atoms with van der Waals surface area (Å²) in [5.41, 5.74) is 4.78. The van der Waals surface area contributed by atoms with Gasteiger partial charge < -0.3 is 10.4 Å². The number of rotatable bonds is 7. The second-order valence-corrected chi connectivity index (χ2v) is 12.1. The van der Waals surface area contributed by atoms with E-state index in [1.54, 1.807) is 0 Å². The predicted molar refractivity (Wildman–Crippen MR) is 144 cm³/mol. The first-order valence-corrected chi connectivity index (χ1v) is 14.9. The summed E-state index contributed by atoms with van der Waals surface area (Å²) in [4.78, 5) is 14.8. The Balaban J connectivity index is 0.000000470. The number of thiazole rings is 1. The van der Waals surface area contributed by atoms with Crippen molar-refractivity contribution in [2.45, 2.75) is 36.4 Å². The number of carbonyl (C=O) groups is 1. The van der Waals surface area contributed by atoms with Crippen LogP contribution in [-0.4, -0.2) is 55.2 Å². The zero-order chi connectivity index (χ0) is 29.1. The van der Waals surface area contributed by atoms with E-state index in [9.17, 15) is 26.0 Å². The molecule has 1 aliphatic carbocycles. The topological polar surface area (TPSA) is 112 Å². The van der Waals surface area contributed by atoms with E-state index in [2.05, 4.69) is 44.2 Å². The highest BCUT2D eigenvalue weighted by molar-refractivity contribution is 7.92. The molecular formula is C25H25ClF4N4O4S2. The van der Waals surface area contributed by atoms with E-state index < -0.39 is 32.9 Å². The van der Waals surface area contributed by atoms with Crippen molar-refractivity contribution in [3.05, 3.63) is 69.3 Å². The minimum atomic E-state index is -5.08. The predicted octanol–water partition coefficient (Wildman–Crippen LogP) is 5.79. The van der Waals surface area contributed by atoms with Gasteiger partial charge in [0.15, 0.2) is 11.6 Å². The normalized spacial score (nSPS) is 19.0. The van der Waals surface area contributed by atoms with Crippen LogP contribution < -0.4 is 10.0 Å². The van der Waals surface area contributed by atoms with Crippen LogP contribution >= 0.6 is 22.9 Å². The molecule has 0 radical (unpaired) electrons. The van der Waals surface area contributed by atoms with Crippen molar-refractivity contribution in [3.8, 4) is 0 Å². The lowest BCUT2D eigenvalue weighted by atomic mass is 10.1. The third kappa shape index (κ3) is 7.03. The molecule has 1 fully saturated rings. The van der Waals surface area contributed by atoms with Gasteiger partial charge in [0.2, 0.25) is 0 Å². The van der Waals surface area contributed by atoms with Gasteiger partial charge in [-0.1, -0.05) is 35.9 Å². The molecule has 216 valence electrons. The number of anilines is 2. The molecule has 1 saturated heterocycles. The number of hydrogen-bond donors (Lipinski definition) is 3. The zero-order valence-electron chi connectivity index (χ0n) is 20.8. The van der Waals surface area contributed by atoms with Crippen molar-refractivity contribution < 1.29 is 35.9 Å². The Kier molecular flexibility index (Phi) is 9.22. The lowest BCUT2D eigenvalue weighted by Crippen LogP contribution is -2.26. The largest absolute Gasteiger partial charge is 0.490 e. The third-order valence-corrected chi connectivity index (χ3v) is 9.02. The molecule has 0 spiro atoms. The maximum atomic E-state index is 14.9.